The Bertz CT molecular complexity index is 525. The van der Waals surface area contributed by atoms with Crippen LogP contribution in [0.1, 0.15) is 63.1 Å². The maximum Gasteiger partial charge on any atom is 0.125 e. The molecule has 0 fully saturated rings. The molecule has 0 heterocycles. The van der Waals surface area contributed by atoms with Crippen molar-refractivity contribution in [3.63, 3.8) is 0 Å². The lowest BCUT2D eigenvalue weighted by molar-refractivity contribution is 0.0807. The van der Waals surface area contributed by atoms with Crippen LogP contribution in [0.3, 0.4) is 0 Å². The average Bonchev–Trinajstić information content (AvgIpc) is 2.51. The van der Waals surface area contributed by atoms with Gasteiger partial charge < -0.3 is 10.8 Å². The van der Waals surface area contributed by atoms with Gasteiger partial charge in [-0.15, -0.1) is 0 Å². The van der Waals surface area contributed by atoms with E-state index in [0.29, 0.717) is 25.8 Å². The maximum atomic E-state index is 10.9. The molecule has 0 aliphatic rings. The Morgan fingerprint density at radius 1 is 1.32 bits per heavy atom. The van der Waals surface area contributed by atoms with Gasteiger partial charge in [0.1, 0.15) is 11.6 Å². The summed E-state index contributed by atoms with van der Waals surface area (Å²) in [4.78, 5) is 10.9. The molecule has 1 unspecified atom stereocenters. The number of nitrogens with zero attached hydrogens (tertiary/aromatic N) is 1. The van der Waals surface area contributed by atoms with E-state index in [1.807, 2.05) is 38.1 Å². The molecule has 0 radical (unpaired) electrons. The van der Waals surface area contributed by atoms with Gasteiger partial charge in [0, 0.05) is 5.56 Å². The number of rotatable bonds is 8. The number of nitrogens with two attached hydrogens (primary N) is 1. The topological polar surface area (TPSA) is 75.7 Å². The van der Waals surface area contributed by atoms with Crippen molar-refractivity contribution >= 4 is 0 Å². The summed E-state index contributed by atoms with van der Waals surface area (Å²) in [6.45, 7) is 4.49. The van der Waals surface area contributed by atoms with Crippen LogP contribution in [0.5, 0.6) is 0 Å². The Hall–Kier alpha value is -1.70. The first-order chi connectivity index (χ1) is 10.6. The van der Waals surface area contributed by atoms with E-state index < -0.39 is 11.6 Å². The van der Waals surface area contributed by atoms with Crippen LogP contribution in [-0.4, -0.2) is 17.3 Å². The smallest absolute Gasteiger partial charge is 0.125 e. The summed E-state index contributed by atoms with van der Waals surface area (Å²) in [7, 11) is 0. The molecular formula is C18H26N2O2. The zero-order valence-corrected chi connectivity index (χ0v) is 13.5. The minimum Gasteiger partial charge on any atom is -0.378 e. The second-order valence-corrected chi connectivity index (χ2v) is 5.61. The summed E-state index contributed by atoms with van der Waals surface area (Å²) in [5.41, 5.74) is 6.18. The highest BCUT2D eigenvalue weighted by Gasteiger charge is 2.21. The Morgan fingerprint density at radius 3 is 2.55 bits per heavy atom. The fourth-order valence-corrected chi connectivity index (χ4v) is 2.53. The third-order valence-corrected chi connectivity index (χ3v) is 3.61. The van der Waals surface area contributed by atoms with E-state index in [1.165, 1.54) is 0 Å². The van der Waals surface area contributed by atoms with Crippen molar-refractivity contribution in [2.45, 2.75) is 57.6 Å². The highest BCUT2D eigenvalue weighted by atomic mass is 16.3. The summed E-state index contributed by atoms with van der Waals surface area (Å²) in [6.07, 6.45) is 3.63. The van der Waals surface area contributed by atoms with E-state index >= 15 is 0 Å². The van der Waals surface area contributed by atoms with Gasteiger partial charge in [-0.25, -0.2) is 0 Å². The van der Waals surface area contributed by atoms with Gasteiger partial charge in [0.15, 0.2) is 0 Å². The van der Waals surface area contributed by atoms with Gasteiger partial charge in [0.05, 0.1) is 0 Å². The molecule has 1 atom stereocenters. The first-order valence-corrected chi connectivity index (χ1v) is 7.96. The summed E-state index contributed by atoms with van der Waals surface area (Å²) >= 11 is 0. The van der Waals surface area contributed by atoms with E-state index in [0.717, 1.165) is 24.0 Å². The molecule has 22 heavy (non-hydrogen) atoms. The summed E-state index contributed by atoms with van der Waals surface area (Å²) in [5.74, 6) is 6.04. The lowest BCUT2D eigenvalue weighted by Gasteiger charge is -2.20. The van der Waals surface area contributed by atoms with Crippen LogP contribution in [0.2, 0.25) is 0 Å². The number of aliphatic hydroxyl groups is 1. The van der Waals surface area contributed by atoms with Crippen molar-refractivity contribution in [2.75, 3.05) is 6.54 Å². The Balaban J connectivity index is 2.99. The molecule has 1 aromatic rings. The Morgan fingerprint density at radius 2 is 2.00 bits per heavy atom. The van der Waals surface area contributed by atoms with Gasteiger partial charge in [-0.3, -0.25) is 0 Å². The SMILES string of the molecule is CCCC(O)(C#Cc1cccc(C(CCN)N=O)c1)CCC. The van der Waals surface area contributed by atoms with Crippen molar-refractivity contribution in [2.24, 2.45) is 10.9 Å². The molecule has 0 saturated carbocycles. The van der Waals surface area contributed by atoms with E-state index in [9.17, 15) is 10.0 Å². The van der Waals surface area contributed by atoms with Gasteiger partial charge in [-0.05, 0) is 43.5 Å². The lowest BCUT2D eigenvalue weighted by Crippen LogP contribution is -2.25. The van der Waals surface area contributed by atoms with Gasteiger partial charge in [0.2, 0.25) is 0 Å². The molecule has 0 aromatic heterocycles. The average molecular weight is 302 g/mol. The largest absolute Gasteiger partial charge is 0.378 e. The zero-order chi connectivity index (χ0) is 16.4. The molecule has 0 amide bonds. The quantitative estimate of drug-likeness (QED) is 0.570. The molecule has 120 valence electrons. The predicted octanol–water partition coefficient (Wildman–Crippen LogP) is 3.53. The fraction of sp³-hybridized carbons (Fsp3) is 0.556. The van der Waals surface area contributed by atoms with Crippen molar-refractivity contribution in [3.05, 3.63) is 40.3 Å². The molecule has 3 N–H and O–H groups in total. The second kappa shape index (κ2) is 9.34. The van der Waals surface area contributed by atoms with Gasteiger partial charge >= 0.3 is 0 Å². The molecule has 0 spiro atoms. The number of hydrogen-bond acceptors (Lipinski definition) is 4. The molecule has 0 bridgehead atoms. The van der Waals surface area contributed by atoms with Crippen LogP contribution in [-0.2, 0) is 0 Å². The zero-order valence-electron chi connectivity index (χ0n) is 13.5. The lowest BCUT2D eigenvalue weighted by atomic mass is 9.93. The monoisotopic (exact) mass is 302 g/mol. The number of benzene rings is 1. The first kappa shape index (κ1) is 18.3. The second-order valence-electron chi connectivity index (χ2n) is 5.61. The van der Waals surface area contributed by atoms with Gasteiger partial charge in [-0.1, -0.05) is 55.8 Å². The minimum atomic E-state index is -0.931. The fourth-order valence-electron chi connectivity index (χ4n) is 2.53. The molecule has 0 saturated heterocycles. The molecular weight excluding hydrogens is 276 g/mol. The van der Waals surface area contributed by atoms with Gasteiger partial charge in [0.25, 0.3) is 0 Å². The summed E-state index contributed by atoms with van der Waals surface area (Å²) in [6, 6.07) is 7.01. The molecule has 1 rings (SSSR count). The van der Waals surface area contributed by atoms with E-state index in [4.69, 9.17) is 5.73 Å². The standard InChI is InChI=1S/C18H26N2O2/c1-3-10-18(21,11-4-2)12-8-15-6-5-7-16(14-15)17(20-22)9-13-19/h5-7,14,17,21H,3-4,9-11,13,19H2,1-2H3. The number of hydrogen-bond donors (Lipinski definition) is 2. The predicted molar refractivity (Wildman–Crippen MR) is 90.3 cm³/mol. The van der Waals surface area contributed by atoms with Crippen LogP contribution < -0.4 is 5.73 Å². The minimum absolute atomic E-state index is 0.416. The highest BCUT2D eigenvalue weighted by molar-refractivity contribution is 5.39. The summed E-state index contributed by atoms with van der Waals surface area (Å²) < 4.78 is 0. The molecule has 0 aliphatic heterocycles. The third kappa shape index (κ3) is 5.59. The molecule has 0 aliphatic carbocycles. The van der Waals surface area contributed by atoms with Crippen LogP contribution >= 0.6 is 0 Å². The molecule has 4 nitrogen and oxygen atoms in total. The third-order valence-electron chi connectivity index (χ3n) is 3.61. The van der Waals surface area contributed by atoms with E-state index in [1.54, 1.807) is 0 Å². The van der Waals surface area contributed by atoms with E-state index in [-0.39, 0.29) is 0 Å². The van der Waals surface area contributed by atoms with Crippen LogP contribution in [0.4, 0.5) is 0 Å². The first-order valence-electron chi connectivity index (χ1n) is 7.96. The number of nitroso groups, excluding NO2 is 1. The highest BCUT2D eigenvalue weighted by Crippen LogP contribution is 2.22. The van der Waals surface area contributed by atoms with Gasteiger partial charge in [-0.2, -0.15) is 4.91 Å². The maximum absolute atomic E-state index is 10.9. The van der Waals surface area contributed by atoms with Crippen molar-refractivity contribution in [1.82, 2.24) is 0 Å². The van der Waals surface area contributed by atoms with Crippen molar-refractivity contribution < 1.29 is 5.11 Å². The van der Waals surface area contributed by atoms with Crippen molar-refractivity contribution in [1.29, 1.82) is 0 Å². The van der Waals surface area contributed by atoms with Crippen LogP contribution in [0.25, 0.3) is 0 Å². The van der Waals surface area contributed by atoms with Crippen molar-refractivity contribution in [3.8, 4) is 11.8 Å². The Labute approximate surface area is 133 Å². The van der Waals surface area contributed by atoms with E-state index in [2.05, 4.69) is 17.0 Å². The Kier molecular flexibility index (Phi) is 7.79. The van der Waals surface area contributed by atoms with Crippen LogP contribution in [0.15, 0.2) is 29.4 Å². The molecule has 4 heteroatoms. The van der Waals surface area contributed by atoms with Crippen LogP contribution in [0, 0.1) is 16.7 Å². The normalized spacial score (nSPS) is 12.4. The summed E-state index contributed by atoms with van der Waals surface area (Å²) in [5, 5.41) is 13.7. The molecule has 1 aromatic carbocycles.